The highest BCUT2D eigenvalue weighted by atomic mass is 35.5. The number of allylic oxidation sites excluding steroid dienone is 1. The van der Waals surface area contributed by atoms with Gasteiger partial charge < -0.3 is 19.9 Å². The van der Waals surface area contributed by atoms with E-state index in [-0.39, 0.29) is 12.3 Å². The molecular formula is C25H19ClN2O4. The maximum absolute atomic E-state index is 12.4. The summed E-state index contributed by atoms with van der Waals surface area (Å²) in [5, 5.41) is 10.2. The second-order valence-corrected chi connectivity index (χ2v) is 7.61. The van der Waals surface area contributed by atoms with Gasteiger partial charge >= 0.3 is 5.97 Å². The Morgan fingerprint density at radius 1 is 1.09 bits per heavy atom. The van der Waals surface area contributed by atoms with Crippen LogP contribution in [-0.2, 0) is 11.2 Å². The van der Waals surface area contributed by atoms with E-state index in [4.69, 9.17) is 31.5 Å². The lowest BCUT2D eigenvalue weighted by molar-refractivity contribution is -0.133. The van der Waals surface area contributed by atoms with E-state index in [9.17, 15) is 10.1 Å². The van der Waals surface area contributed by atoms with Gasteiger partial charge in [0.15, 0.2) is 0 Å². The summed E-state index contributed by atoms with van der Waals surface area (Å²) in [5.41, 5.74) is 8.74. The Balaban J connectivity index is 1.57. The number of nitriles is 1. The maximum atomic E-state index is 12.4. The van der Waals surface area contributed by atoms with Crippen molar-refractivity contribution in [2.24, 2.45) is 5.73 Å². The third kappa shape index (κ3) is 4.39. The van der Waals surface area contributed by atoms with Crippen molar-refractivity contribution >= 4 is 17.6 Å². The van der Waals surface area contributed by atoms with E-state index in [2.05, 4.69) is 6.07 Å². The molecule has 0 aliphatic carbocycles. The van der Waals surface area contributed by atoms with Gasteiger partial charge in [-0.05, 0) is 41.5 Å². The number of halogens is 1. The van der Waals surface area contributed by atoms with E-state index in [0.717, 1.165) is 16.7 Å². The lowest BCUT2D eigenvalue weighted by atomic mass is 9.83. The molecule has 1 aliphatic rings. The zero-order valence-electron chi connectivity index (χ0n) is 17.2. The minimum absolute atomic E-state index is 0.0154. The highest BCUT2D eigenvalue weighted by Gasteiger charge is 2.31. The molecule has 0 saturated carbocycles. The standard InChI is InChI=1S/C25H19ClN2O4/c1-30-18-8-2-15(3-9-18)12-23(29)31-19-10-11-20-22(13-19)32-25(28)21(14-27)24(20)16-4-6-17(26)7-5-16/h2-11,13,24H,12,28H2,1H3. The van der Waals surface area contributed by atoms with Gasteiger partial charge in [0.05, 0.1) is 19.4 Å². The molecule has 1 atom stereocenters. The number of methoxy groups -OCH3 is 1. The molecule has 160 valence electrons. The van der Waals surface area contributed by atoms with Crippen LogP contribution in [0.1, 0.15) is 22.6 Å². The molecule has 0 fully saturated rings. The summed E-state index contributed by atoms with van der Waals surface area (Å²) < 4.78 is 16.3. The number of fused-ring (bicyclic) bond motifs is 1. The zero-order chi connectivity index (χ0) is 22.7. The molecule has 0 aromatic heterocycles. The third-order valence-corrected chi connectivity index (χ3v) is 5.39. The van der Waals surface area contributed by atoms with Crippen molar-refractivity contribution in [1.82, 2.24) is 0 Å². The zero-order valence-corrected chi connectivity index (χ0v) is 17.9. The lowest BCUT2D eigenvalue weighted by Crippen LogP contribution is -2.21. The average Bonchev–Trinajstić information content (AvgIpc) is 2.79. The minimum atomic E-state index is -0.415. The van der Waals surface area contributed by atoms with Gasteiger partial charge in [0.2, 0.25) is 5.88 Å². The van der Waals surface area contributed by atoms with Crippen molar-refractivity contribution in [3.63, 3.8) is 0 Å². The summed E-state index contributed by atoms with van der Waals surface area (Å²) in [6, 6.07) is 21.6. The van der Waals surface area contributed by atoms with Gasteiger partial charge in [0.1, 0.15) is 28.9 Å². The number of benzene rings is 3. The first-order valence-electron chi connectivity index (χ1n) is 9.79. The average molecular weight is 447 g/mol. The second-order valence-electron chi connectivity index (χ2n) is 7.17. The molecule has 1 aliphatic heterocycles. The van der Waals surface area contributed by atoms with Crippen LogP contribution in [0.3, 0.4) is 0 Å². The predicted molar refractivity (Wildman–Crippen MR) is 120 cm³/mol. The van der Waals surface area contributed by atoms with Gasteiger partial charge in [0.25, 0.3) is 0 Å². The van der Waals surface area contributed by atoms with Gasteiger partial charge in [-0.15, -0.1) is 0 Å². The van der Waals surface area contributed by atoms with E-state index < -0.39 is 11.9 Å². The number of carbonyl (C=O) groups excluding carboxylic acids is 1. The Labute approximate surface area is 190 Å². The number of esters is 1. The largest absolute Gasteiger partial charge is 0.497 e. The Morgan fingerprint density at radius 2 is 1.78 bits per heavy atom. The van der Waals surface area contributed by atoms with Crippen molar-refractivity contribution in [3.8, 4) is 23.3 Å². The van der Waals surface area contributed by atoms with Crippen LogP contribution in [0.2, 0.25) is 5.02 Å². The molecule has 32 heavy (non-hydrogen) atoms. The summed E-state index contributed by atoms with van der Waals surface area (Å²) in [5.74, 6) is 0.654. The fraction of sp³-hybridized carbons (Fsp3) is 0.120. The smallest absolute Gasteiger partial charge is 0.315 e. The number of rotatable bonds is 5. The molecule has 1 unspecified atom stereocenters. The Kier molecular flexibility index (Phi) is 6.02. The van der Waals surface area contributed by atoms with Crippen molar-refractivity contribution in [2.75, 3.05) is 7.11 Å². The monoisotopic (exact) mass is 446 g/mol. The van der Waals surface area contributed by atoms with Crippen molar-refractivity contribution < 1.29 is 19.0 Å². The molecular weight excluding hydrogens is 428 g/mol. The van der Waals surface area contributed by atoms with E-state index in [1.165, 1.54) is 0 Å². The molecule has 4 rings (SSSR count). The van der Waals surface area contributed by atoms with Crippen LogP contribution in [0, 0.1) is 11.3 Å². The second kappa shape index (κ2) is 9.04. The molecule has 3 aromatic carbocycles. The van der Waals surface area contributed by atoms with Gasteiger partial charge in [0, 0.05) is 16.7 Å². The fourth-order valence-electron chi connectivity index (χ4n) is 3.57. The first-order chi connectivity index (χ1) is 15.5. The summed E-state index contributed by atoms with van der Waals surface area (Å²) in [6.45, 7) is 0. The van der Waals surface area contributed by atoms with E-state index in [1.807, 2.05) is 24.3 Å². The maximum Gasteiger partial charge on any atom is 0.315 e. The lowest BCUT2D eigenvalue weighted by Gasteiger charge is -2.26. The molecule has 7 heteroatoms. The van der Waals surface area contributed by atoms with Crippen molar-refractivity contribution in [1.29, 1.82) is 5.26 Å². The normalized spacial score (nSPS) is 14.7. The topological polar surface area (TPSA) is 94.6 Å². The predicted octanol–water partition coefficient (Wildman–Crippen LogP) is 4.71. The van der Waals surface area contributed by atoms with E-state index in [1.54, 1.807) is 49.6 Å². The van der Waals surface area contributed by atoms with E-state index in [0.29, 0.717) is 27.8 Å². The molecule has 0 bridgehead atoms. The number of nitrogens with two attached hydrogens (primary N) is 1. The molecule has 0 spiro atoms. The van der Waals surface area contributed by atoms with Crippen LogP contribution < -0.4 is 19.9 Å². The Morgan fingerprint density at radius 3 is 2.44 bits per heavy atom. The van der Waals surface area contributed by atoms with Crippen LogP contribution >= 0.6 is 11.6 Å². The van der Waals surface area contributed by atoms with Crippen LogP contribution in [0.4, 0.5) is 0 Å². The summed E-state index contributed by atoms with van der Waals surface area (Å²) in [4.78, 5) is 12.4. The van der Waals surface area contributed by atoms with Gasteiger partial charge in [-0.25, -0.2) is 0 Å². The first-order valence-corrected chi connectivity index (χ1v) is 10.2. The SMILES string of the molecule is COc1ccc(CC(=O)Oc2ccc3c(c2)OC(N)=C(C#N)C3c2ccc(Cl)cc2)cc1. The van der Waals surface area contributed by atoms with Crippen molar-refractivity contribution in [2.45, 2.75) is 12.3 Å². The molecule has 0 saturated heterocycles. The van der Waals surface area contributed by atoms with Gasteiger partial charge in [-0.1, -0.05) is 41.9 Å². The van der Waals surface area contributed by atoms with Crippen LogP contribution in [0.5, 0.6) is 17.2 Å². The van der Waals surface area contributed by atoms with Crippen LogP contribution in [-0.4, -0.2) is 13.1 Å². The Hall–Kier alpha value is -3.95. The highest BCUT2D eigenvalue weighted by molar-refractivity contribution is 6.30. The third-order valence-electron chi connectivity index (χ3n) is 5.13. The van der Waals surface area contributed by atoms with Crippen molar-refractivity contribution in [3.05, 3.63) is 99.9 Å². The summed E-state index contributed by atoms with van der Waals surface area (Å²) in [6.07, 6.45) is 0.107. The quantitative estimate of drug-likeness (QED) is 0.450. The number of hydrogen-bond donors (Lipinski definition) is 1. The van der Waals surface area contributed by atoms with E-state index >= 15 is 0 Å². The molecule has 2 N–H and O–H groups in total. The Bertz CT molecular complexity index is 1230. The number of ether oxygens (including phenoxy) is 3. The fourth-order valence-corrected chi connectivity index (χ4v) is 3.70. The van der Waals surface area contributed by atoms with Gasteiger partial charge in [-0.2, -0.15) is 5.26 Å². The number of hydrogen-bond acceptors (Lipinski definition) is 6. The van der Waals surface area contributed by atoms with Crippen LogP contribution in [0.25, 0.3) is 0 Å². The summed E-state index contributed by atoms with van der Waals surface area (Å²) in [7, 11) is 1.58. The molecule has 0 amide bonds. The molecule has 6 nitrogen and oxygen atoms in total. The minimum Gasteiger partial charge on any atom is -0.497 e. The van der Waals surface area contributed by atoms with Gasteiger partial charge in [-0.3, -0.25) is 4.79 Å². The molecule has 0 radical (unpaired) electrons. The molecule has 3 aromatic rings. The molecule has 1 heterocycles. The van der Waals surface area contributed by atoms with Crippen LogP contribution in [0.15, 0.2) is 78.2 Å². The first kappa shape index (κ1) is 21.3. The summed E-state index contributed by atoms with van der Waals surface area (Å²) >= 11 is 6.01. The number of carbonyl (C=O) groups is 1. The number of nitrogens with zero attached hydrogens (tertiary/aromatic N) is 1. The highest BCUT2D eigenvalue weighted by Crippen LogP contribution is 2.43.